The molecule has 0 fully saturated rings. The second-order valence-corrected chi connectivity index (χ2v) is 8.11. The maximum Gasteiger partial charge on any atom is -0.00442 e. The van der Waals surface area contributed by atoms with Crippen LogP contribution in [0.15, 0.2) is 0 Å². The van der Waals surface area contributed by atoms with Crippen molar-refractivity contribution in [2.45, 2.75) is 6.92 Å². The molecule has 58 valence electrons. The van der Waals surface area contributed by atoms with Crippen molar-refractivity contribution in [2.75, 3.05) is 31.1 Å². The Morgan fingerprint density at radius 3 is 1.89 bits per heavy atom. The Hall–Kier alpha value is 0.310. The van der Waals surface area contributed by atoms with Crippen LogP contribution in [0.5, 0.6) is 0 Å². The number of nitrogens with two attached hydrogens (primary N) is 1. The Morgan fingerprint density at radius 2 is 1.78 bits per heavy atom. The topological polar surface area (TPSA) is 26.0 Å². The van der Waals surface area contributed by atoms with Crippen LogP contribution in [-0.2, 0) is 0 Å². The van der Waals surface area contributed by atoms with Crippen LogP contribution in [0.4, 0.5) is 0 Å². The average molecular weight is 149 g/mol. The van der Waals surface area contributed by atoms with Gasteiger partial charge < -0.3 is 5.73 Å². The molecule has 0 aliphatic rings. The van der Waals surface area contributed by atoms with Gasteiger partial charge in [0.2, 0.25) is 0 Å². The van der Waals surface area contributed by atoms with E-state index in [0.717, 1.165) is 6.54 Å². The van der Waals surface area contributed by atoms with Gasteiger partial charge in [-0.15, -0.1) is 0 Å². The van der Waals surface area contributed by atoms with Crippen molar-refractivity contribution < 1.29 is 0 Å². The molecule has 2 N–H and O–H groups in total. The van der Waals surface area contributed by atoms with Gasteiger partial charge in [-0.1, -0.05) is 6.92 Å². The molecule has 0 bridgehead atoms. The largest absolute Gasteiger partial charge is 0.330 e. The number of rotatable bonds is 3. The van der Waals surface area contributed by atoms with E-state index >= 15 is 0 Å². The van der Waals surface area contributed by atoms with Crippen molar-refractivity contribution in [3.05, 3.63) is 0 Å². The van der Waals surface area contributed by atoms with Crippen LogP contribution in [0.3, 0.4) is 0 Å². The normalized spacial score (nSPS) is 17.4. The zero-order valence-corrected chi connectivity index (χ0v) is 7.79. The van der Waals surface area contributed by atoms with Gasteiger partial charge in [0.05, 0.1) is 0 Å². The molecule has 0 rings (SSSR count). The molecule has 0 heterocycles. The highest BCUT2D eigenvalue weighted by Gasteiger charge is 2.08. The fraction of sp³-hybridized carbons (Fsp3) is 1.00. The van der Waals surface area contributed by atoms with Gasteiger partial charge in [-0.25, -0.2) is 10.0 Å². The van der Waals surface area contributed by atoms with E-state index in [2.05, 4.69) is 25.7 Å². The first-order chi connectivity index (χ1) is 3.95. The molecule has 0 aromatic heterocycles. The summed E-state index contributed by atoms with van der Waals surface area (Å²) in [6.07, 6.45) is 7.00. The lowest BCUT2D eigenvalue weighted by Gasteiger charge is -2.28. The van der Waals surface area contributed by atoms with Crippen molar-refractivity contribution in [3.8, 4) is 0 Å². The molecule has 0 saturated heterocycles. The first kappa shape index (κ1) is 9.31. The molecule has 0 aromatic carbocycles. The number of hydrogen-bond donors (Lipinski definition) is 1. The maximum absolute atomic E-state index is 5.49. The summed E-state index contributed by atoms with van der Waals surface area (Å²) in [4.78, 5) is 0. The molecule has 0 saturated carbocycles. The molecule has 0 aliphatic carbocycles. The van der Waals surface area contributed by atoms with Gasteiger partial charge in [-0.2, -0.15) is 0 Å². The Bertz CT molecular complexity index is 75.5. The smallest absolute Gasteiger partial charge is 0.00442 e. The molecule has 2 heteroatoms. The molecule has 0 aromatic rings. The minimum Gasteiger partial charge on any atom is -0.330 e. The van der Waals surface area contributed by atoms with Crippen LogP contribution < -0.4 is 5.73 Å². The number of hydrogen-bond acceptors (Lipinski definition) is 1. The van der Waals surface area contributed by atoms with E-state index in [1.54, 1.807) is 0 Å². The Labute approximate surface area is 60.3 Å². The van der Waals surface area contributed by atoms with E-state index in [4.69, 9.17) is 5.73 Å². The Kier molecular flexibility index (Phi) is 3.59. The molecule has 1 unspecified atom stereocenters. The molecule has 0 radical (unpaired) electrons. The van der Waals surface area contributed by atoms with E-state index in [9.17, 15) is 0 Å². The zero-order valence-electron chi connectivity index (χ0n) is 6.98. The Balaban J connectivity index is 3.47. The quantitative estimate of drug-likeness (QED) is 0.642. The van der Waals surface area contributed by atoms with Crippen molar-refractivity contribution in [1.29, 1.82) is 0 Å². The van der Waals surface area contributed by atoms with Gasteiger partial charge in [0.1, 0.15) is 0 Å². The molecule has 0 aliphatic heterocycles. The fourth-order valence-corrected chi connectivity index (χ4v) is 2.76. The summed E-state index contributed by atoms with van der Waals surface area (Å²) in [5, 5.41) is 0. The molecule has 0 spiro atoms. The molecular formula is C7H19NS. The lowest BCUT2D eigenvalue weighted by molar-refractivity contribution is 0.673. The van der Waals surface area contributed by atoms with E-state index in [0.29, 0.717) is 5.92 Å². The van der Waals surface area contributed by atoms with Crippen LogP contribution in [0.2, 0.25) is 0 Å². The van der Waals surface area contributed by atoms with Crippen molar-refractivity contribution in [3.63, 3.8) is 0 Å². The molecule has 1 nitrogen and oxygen atoms in total. The minimum atomic E-state index is -0.315. The van der Waals surface area contributed by atoms with Crippen LogP contribution in [0.1, 0.15) is 6.92 Å². The van der Waals surface area contributed by atoms with Crippen LogP contribution >= 0.6 is 10.0 Å². The average Bonchev–Trinajstić information content (AvgIpc) is 1.62. The van der Waals surface area contributed by atoms with Gasteiger partial charge in [0, 0.05) is 0 Å². The lowest BCUT2D eigenvalue weighted by atomic mass is 10.2. The zero-order chi connectivity index (χ0) is 7.49. The summed E-state index contributed by atoms with van der Waals surface area (Å²) < 4.78 is 0. The molecule has 0 amide bonds. The van der Waals surface area contributed by atoms with E-state index < -0.39 is 0 Å². The molecule has 9 heavy (non-hydrogen) atoms. The summed E-state index contributed by atoms with van der Waals surface area (Å²) in [6, 6.07) is 0. The second kappa shape index (κ2) is 3.47. The monoisotopic (exact) mass is 149 g/mol. The summed E-state index contributed by atoms with van der Waals surface area (Å²) in [6.45, 7) is 3.06. The standard InChI is InChI=1S/C7H19NS/c1-7(5-8)6-9(2,3)4/h7H,5-6,8H2,1-4H3. The van der Waals surface area contributed by atoms with E-state index in [1.165, 1.54) is 5.75 Å². The van der Waals surface area contributed by atoms with Crippen LogP contribution in [-0.4, -0.2) is 31.1 Å². The van der Waals surface area contributed by atoms with Crippen LogP contribution in [0.25, 0.3) is 0 Å². The summed E-state index contributed by atoms with van der Waals surface area (Å²) in [5.74, 6) is 2.02. The van der Waals surface area contributed by atoms with Crippen LogP contribution in [0, 0.1) is 5.92 Å². The molecular weight excluding hydrogens is 130 g/mol. The minimum absolute atomic E-state index is 0.315. The Morgan fingerprint density at radius 1 is 1.33 bits per heavy atom. The third-order valence-corrected chi connectivity index (χ3v) is 2.76. The SMILES string of the molecule is CC(CN)CS(C)(C)C. The highest BCUT2D eigenvalue weighted by molar-refractivity contribution is 8.32. The second-order valence-electron chi connectivity index (χ2n) is 3.60. The van der Waals surface area contributed by atoms with Gasteiger partial charge >= 0.3 is 0 Å². The van der Waals surface area contributed by atoms with Gasteiger partial charge in [0.25, 0.3) is 0 Å². The maximum atomic E-state index is 5.49. The van der Waals surface area contributed by atoms with Crippen molar-refractivity contribution >= 4 is 10.0 Å². The summed E-state index contributed by atoms with van der Waals surface area (Å²) >= 11 is 0. The third-order valence-electron chi connectivity index (χ3n) is 1.19. The highest BCUT2D eigenvalue weighted by atomic mass is 32.3. The highest BCUT2D eigenvalue weighted by Crippen LogP contribution is 2.36. The first-order valence-corrected chi connectivity index (χ1v) is 6.34. The predicted molar refractivity (Wildman–Crippen MR) is 48.4 cm³/mol. The van der Waals surface area contributed by atoms with E-state index in [1.807, 2.05) is 0 Å². The predicted octanol–water partition coefficient (Wildman–Crippen LogP) is 1.28. The first-order valence-electron chi connectivity index (χ1n) is 3.32. The fourth-order valence-electron chi connectivity index (χ4n) is 0.922. The van der Waals surface area contributed by atoms with Gasteiger partial charge in [-0.05, 0) is 37.0 Å². The van der Waals surface area contributed by atoms with E-state index in [-0.39, 0.29) is 10.0 Å². The summed E-state index contributed by atoms with van der Waals surface area (Å²) in [7, 11) is -0.315. The summed E-state index contributed by atoms with van der Waals surface area (Å²) in [5.41, 5.74) is 5.49. The lowest BCUT2D eigenvalue weighted by Crippen LogP contribution is -2.17. The van der Waals surface area contributed by atoms with Crippen molar-refractivity contribution in [2.24, 2.45) is 11.7 Å². The van der Waals surface area contributed by atoms with Gasteiger partial charge in [0.15, 0.2) is 0 Å². The molecule has 1 atom stereocenters. The van der Waals surface area contributed by atoms with Crippen molar-refractivity contribution in [1.82, 2.24) is 0 Å². The third kappa shape index (κ3) is 6.19. The van der Waals surface area contributed by atoms with Gasteiger partial charge in [-0.3, -0.25) is 0 Å².